The van der Waals surface area contributed by atoms with Gasteiger partial charge in [0.05, 0.1) is 3.57 Å². The Morgan fingerprint density at radius 3 is 2.55 bits per heavy atom. The number of benzene rings is 1. The van der Waals surface area contributed by atoms with Crippen LogP contribution in [0.4, 0.5) is 4.79 Å². The molecule has 0 saturated carbocycles. The normalized spacial score (nSPS) is 11.3. The van der Waals surface area contributed by atoms with Gasteiger partial charge >= 0.3 is 6.09 Å². The molecule has 0 radical (unpaired) electrons. The summed E-state index contributed by atoms with van der Waals surface area (Å²) >= 11 is 2.14. The Morgan fingerprint density at radius 1 is 1.40 bits per heavy atom. The molecule has 5 heteroatoms. The molecule has 112 valence electrons. The largest absolute Gasteiger partial charge is 0.507 e. The molecule has 0 atom stereocenters. The Morgan fingerprint density at radius 2 is 2.00 bits per heavy atom. The van der Waals surface area contributed by atoms with E-state index in [1.165, 1.54) is 0 Å². The van der Waals surface area contributed by atoms with Crippen LogP contribution < -0.4 is 5.32 Å². The van der Waals surface area contributed by atoms with E-state index in [-0.39, 0.29) is 0 Å². The highest BCUT2D eigenvalue weighted by atomic mass is 127. The molecule has 1 rings (SSSR count). The van der Waals surface area contributed by atoms with E-state index in [0.717, 1.165) is 20.3 Å². The predicted octanol–water partition coefficient (Wildman–Crippen LogP) is 3.68. The third kappa shape index (κ3) is 4.85. The second-order valence-corrected chi connectivity index (χ2v) is 6.90. The van der Waals surface area contributed by atoms with Gasteiger partial charge in [-0.1, -0.05) is 6.07 Å². The Labute approximate surface area is 134 Å². The summed E-state index contributed by atoms with van der Waals surface area (Å²) in [7, 11) is 0. The van der Waals surface area contributed by atoms with E-state index in [0.29, 0.717) is 18.7 Å². The molecule has 0 saturated heterocycles. The van der Waals surface area contributed by atoms with E-state index in [1.54, 1.807) is 0 Å². The summed E-state index contributed by atoms with van der Waals surface area (Å²) in [5.74, 6) is 0.340. The van der Waals surface area contributed by atoms with Crippen LogP contribution >= 0.6 is 22.6 Å². The minimum absolute atomic E-state index is 0.340. The second kappa shape index (κ2) is 6.65. The molecule has 4 nitrogen and oxygen atoms in total. The lowest BCUT2D eigenvalue weighted by Crippen LogP contribution is -2.33. The lowest BCUT2D eigenvalue weighted by molar-refractivity contribution is 0.0528. The van der Waals surface area contributed by atoms with Crippen molar-refractivity contribution < 1.29 is 14.6 Å². The molecular weight excluding hydrogens is 369 g/mol. The van der Waals surface area contributed by atoms with Crippen LogP contribution in [0.25, 0.3) is 0 Å². The van der Waals surface area contributed by atoms with Crippen molar-refractivity contribution in [2.24, 2.45) is 0 Å². The average molecular weight is 391 g/mol. The number of hydrogen-bond acceptors (Lipinski definition) is 3. The first-order valence-electron chi connectivity index (χ1n) is 6.56. The number of halogens is 1. The number of nitrogens with one attached hydrogen (secondary N) is 1. The Balaban J connectivity index is 2.61. The van der Waals surface area contributed by atoms with Crippen LogP contribution in [0, 0.1) is 17.4 Å². The van der Waals surface area contributed by atoms with Crippen LogP contribution in [-0.4, -0.2) is 23.3 Å². The monoisotopic (exact) mass is 391 g/mol. The van der Waals surface area contributed by atoms with Crippen LogP contribution in [0.5, 0.6) is 5.75 Å². The van der Waals surface area contributed by atoms with E-state index in [1.807, 2.05) is 40.7 Å². The maximum absolute atomic E-state index is 11.5. The van der Waals surface area contributed by atoms with Crippen LogP contribution in [0.15, 0.2) is 6.07 Å². The first-order valence-corrected chi connectivity index (χ1v) is 7.64. The van der Waals surface area contributed by atoms with Gasteiger partial charge in [-0.25, -0.2) is 4.79 Å². The van der Waals surface area contributed by atoms with Crippen molar-refractivity contribution in [1.82, 2.24) is 5.32 Å². The molecule has 1 aromatic rings. The summed E-state index contributed by atoms with van der Waals surface area (Å²) < 4.78 is 6.05. The SMILES string of the molecule is Cc1cc(CCNC(=O)OC(C)(C)C)c(C)c(I)c1O. The average Bonchev–Trinajstić information content (AvgIpc) is 2.30. The highest BCUT2D eigenvalue weighted by Gasteiger charge is 2.16. The molecular formula is C15H22INO3. The molecule has 2 N–H and O–H groups in total. The summed E-state index contributed by atoms with van der Waals surface area (Å²) in [4.78, 5) is 11.5. The fourth-order valence-electron chi connectivity index (χ4n) is 1.80. The van der Waals surface area contributed by atoms with Crippen molar-refractivity contribution in [2.75, 3.05) is 6.54 Å². The Hall–Kier alpha value is -0.980. The fraction of sp³-hybridized carbons (Fsp3) is 0.533. The topological polar surface area (TPSA) is 58.6 Å². The molecule has 0 aliphatic carbocycles. The van der Waals surface area contributed by atoms with E-state index in [2.05, 4.69) is 27.9 Å². The number of phenolic OH excluding ortho intramolecular Hbond substituents is 1. The molecule has 1 amide bonds. The highest BCUT2D eigenvalue weighted by Crippen LogP contribution is 2.29. The molecule has 0 heterocycles. The first-order chi connectivity index (χ1) is 9.11. The Bertz CT molecular complexity index is 507. The maximum Gasteiger partial charge on any atom is 0.407 e. The number of carbonyl (C=O) groups excluding carboxylic acids is 1. The molecule has 1 aromatic carbocycles. The Kier molecular flexibility index (Phi) is 5.68. The van der Waals surface area contributed by atoms with Gasteiger partial charge in [-0.05, 0) is 80.3 Å². The van der Waals surface area contributed by atoms with Crippen molar-refractivity contribution in [2.45, 2.75) is 46.6 Å². The molecule has 0 fully saturated rings. The number of carbonyl (C=O) groups is 1. The zero-order chi connectivity index (χ0) is 15.5. The zero-order valence-corrected chi connectivity index (χ0v) is 14.8. The molecule has 20 heavy (non-hydrogen) atoms. The van der Waals surface area contributed by atoms with E-state index in [4.69, 9.17) is 4.74 Å². The molecule has 0 aliphatic heterocycles. The lowest BCUT2D eigenvalue weighted by atomic mass is 10.0. The summed E-state index contributed by atoms with van der Waals surface area (Å²) in [5.41, 5.74) is 2.55. The van der Waals surface area contributed by atoms with E-state index in [9.17, 15) is 9.90 Å². The lowest BCUT2D eigenvalue weighted by Gasteiger charge is -2.20. The number of rotatable bonds is 3. The number of ether oxygens (including phenoxy) is 1. The standard InChI is InChI=1S/C15H22INO3/c1-9-8-11(10(2)12(16)13(9)18)6-7-17-14(19)20-15(3,4)5/h8,18H,6-7H2,1-5H3,(H,17,19). The number of alkyl carbamates (subject to hydrolysis) is 1. The molecule has 0 aromatic heterocycles. The van der Waals surface area contributed by atoms with Crippen molar-refractivity contribution in [3.8, 4) is 5.75 Å². The van der Waals surface area contributed by atoms with Crippen molar-refractivity contribution in [3.63, 3.8) is 0 Å². The zero-order valence-electron chi connectivity index (χ0n) is 12.6. The third-order valence-corrected chi connectivity index (χ3v) is 4.17. The van der Waals surface area contributed by atoms with Crippen molar-refractivity contribution in [3.05, 3.63) is 26.3 Å². The highest BCUT2D eigenvalue weighted by molar-refractivity contribution is 14.1. The van der Waals surface area contributed by atoms with E-state index < -0.39 is 11.7 Å². The minimum Gasteiger partial charge on any atom is -0.507 e. The van der Waals surface area contributed by atoms with E-state index >= 15 is 0 Å². The van der Waals surface area contributed by atoms with Crippen LogP contribution in [0.3, 0.4) is 0 Å². The number of hydrogen-bond donors (Lipinski definition) is 2. The van der Waals surface area contributed by atoms with Crippen LogP contribution in [0.1, 0.15) is 37.5 Å². The summed E-state index contributed by atoms with van der Waals surface area (Å²) in [5, 5.41) is 12.6. The fourth-order valence-corrected chi connectivity index (χ4v) is 2.57. The van der Waals surface area contributed by atoms with Gasteiger partial charge in [0.1, 0.15) is 11.4 Å². The summed E-state index contributed by atoms with van der Waals surface area (Å²) in [6.07, 6.45) is 0.308. The molecule has 0 spiro atoms. The molecule has 0 aliphatic rings. The van der Waals surface area contributed by atoms with Gasteiger partial charge in [-0.3, -0.25) is 0 Å². The number of phenols is 1. The molecule has 0 unspecified atom stereocenters. The van der Waals surface area contributed by atoms with Crippen molar-refractivity contribution in [1.29, 1.82) is 0 Å². The van der Waals surface area contributed by atoms with Gasteiger partial charge in [0.25, 0.3) is 0 Å². The van der Waals surface area contributed by atoms with Gasteiger partial charge in [-0.2, -0.15) is 0 Å². The van der Waals surface area contributed by atoms with Gasteiger partial charge in [0.15, 0.2) is 0 Å². The van der Waals surface area contributed by atoms with Gasteiger partial charge in [-0.15, -0.1) is 0 Å². The van der Waals surface area contributed by atoms with Gasteiger partial charge in [0.2, 0.25) is 0 Å². The summed E-state index contributed by atoms with van der Waals surface area (Å²) in [6.45, 7) is 9.87. The number of amides is 1. The maximum atomic E-state index is 11.5. The predicted molar refractivity (Wildman–Crippen MR) is 88.2 cm³/mol. The molecule has 0 bridgehead atoms. The smallest absolute Gasteiger partial charge is 0.407 e. The van der Waals surface area contributed by atoms with Gasteiger partial charge in [0, 0.05) is 6.54 Å². The van der Waals surface area contributed by atoms with Crippen molar-refractivity contribution >= 4 is 28.7 Å². The number of aromatic hydroxyl groups is 1. The second-order valence-electron chi connectivity index (χ2n) is 5.82. The third-order valence-electron chi connectivity index (χ3n) is 2.85. The first kappa shape index (κ1) is 17.1. The van der Waals surface area contributed by atoms with Crippen LogP contribution in [-0.2, 0) is 11.2 Å². The minimum atomic E-state index is -0.482. The van der Waals surface area contributed by atoms with Crippen LogP contribution in [0.2, 0.25) is 0 Å². The summed E-state index contributed by atoms with van der Waals surface area (Å²) in [6, 6.07) is 1.96. The van der Waals surface area contributed by atoms with Gasteiger partial charge < -0.3 is 15.2 Å². The quantitative estimate of drug-likeness (QED) is 0.773. The number of aryl methyl sites for hydroxylation is 1.